The minimum absolute atomic E-state index is 0.993. The molecular weight excluding hydrogens is 146 g/mol. The van der Waals surface area contributed by atoms with Gasteiger partial charge < -0.3 is 5.32 Å². The standard InChI is InChI=1S/C11H11N/c1-2-9-5-3-6-10-7-4-8-12-11(9)10/h1,3,5-6,12H,4,7-8H2. The molecular formula is C11H11N. The smallest absolute Gasteiger partial charge is 0.0531 e. The van der Waals surface area contributed by atoms with Gasteiger partial charge in [-0.15, -0.1) is 6.42 Å². The van der Waals surface area contributed by atoms with E-state index in [9.17, 15) is 0 Å². The van der Waals surface area contributed by atoms with E-state index in [-0.39, 0.29) is 0 Å². The first kappa shape index (κ1) is 7.24. The number of terminal acetylenes is 1. The Morgan fingerprint density at radius 2 is 2.33 bits per heavy atom. The van der Waals surface area contributed by atoms with E-state index in [4.69, 9.17) is 6.42 Å². The maximum absolute atomic E-state index is 5.38. The van der Waals surface area contributed by atoms with Crippen LogP contribution in [0.15, 0.2) is 18.2 Å². The van der Waals surface area contributed by atoms with E-state index in [1.54, 1.807) is 0 Å². The molecule has 0 saturated carbocycles. The first-order valence-electron chi connectivity index (χ1n) is 4.24. The molecule has 0 atom stereocenters. The molecule has 1 aromatic rings. The van der Waals surface area contributed by atoms with Crippen LogP contribution >= 0.6 is 0 Å². The van der Waals surface area contributed by atoms with Crippen molar-refractivity contribution in [2.24, 2.45) is 0 Å². The quantitative estimate of drug-likeness (QED) is 0.568. The zero-order valence-electron chi connectivity index (χ0n) is 6.93. The van der Waals surface area contributed by atoms with E-state index in [0.29, 0.717) is 0 Å². The van der Waals surface area contributed by atoms with Crippen LogP contribution in [0.5, 0.6) is 0 Å². The van der Waals surface area contributed by atoms with Gasteiger partial charge in [-0.3, -0.25) is 0 Å². The van der Waals surface area contributed by atoms with E-state index in [1.807, 2.05) is 12.1 Å². The maximum Gasteiger partial charge on any atom is 0.0531 e. The van der Waals surface area contributed by atoms with E-state index in [1.165, 1.54) is 17.7 Å². The monoisotopic (exact) mass is 157 g/mol. The van der Waals surface area contributed by atoms with Crippen molar-refractivity contribution in [1.82, 2.24) is 0 Å². The molecule has 1 heteroatoms. The minimum Gasteiger partial charge on any atom is -0.384 e. The van der Waals surface area contributed by atoms with Gasteiger partial charge in [-0.25, -0.2) is 0 Å². The van der Waals surface area contributed by atoms with Gasteiger partial charge in [0.1, 0.15) is 0 Å². The van der Waals surface area contributed by atoms with Crippen LogP contribution in [0.3, 0.4) is 0 Å². The van der Waals surface area contributed by atoms with E-state index < -0.39 is 0 Å². The lowest BCUT2D eigenvalue weighted by Gasteiger charge is -2.18. The number of benzene rings is 1. The molecule has 0 amide bonds. The molecule has 1 aromatic carbocycles. The molecule has 0 saturated heterocycles. The van der Waals surface area contributed by atoms with Gasteiger partial charge in [0.15, 0.2) is 0 Å². The Morgan fingerprint density at radius 3 is 3.17 bits per heavy atom. The van der Waals surface area contributed by atoms with Crippen LogP contribution in [0.4, 0.5) is 5.69 Å². The summed E-state index contributed by atoms with van der Waals surface area (Å²) in [6.07, 6.45) is 7.74. The zero-order valence-corrected chi connectivity index (χ0v) is 6.93. The third-order valence-corrected chi connectivity index (χ3v) is 2.23. The lowest BCUT2D eigenvalue weighted by atomic mass is 10.00. The van der Waals surface area contributed by atoms with Gasteiger partial charge in [0, 0.05) is 12.1 Å². The molecule has 0 aliphatic carbocycles. The molecule has 1 N–H and O–H groups in total. The first-order valence-corrected chi connectivity index (χ1v) is 4.24. The summed E-state index contributed by atoms with van der Waals surface area (Å²) in [5.41, 5.74) is 3.52. The summed E-state index contributed by atoms with van der Waals surface area (Å²) in [7, 11) is 0. The van der Waals surface area contributed by atoms with Gasteiger partial charge in [0.05, 0.1) is 5.69 Å². The summed E-state index contributed by atoms with van der Waals surface area (Å²) in [5, 5.41) is 3.34. The van der Waals surface area contributed by atoms with Crippen LogP contribution in [0.1, 0.15) is 17.5 Å². The van der Waals surface area contributed by atoms with Gasteiger partial charge in [0.2, 0.25) is 0 Å². The summed E-state index contributed by atoms with van der Waals surface area (Å²) >= 11 is 0. The van der Waals surface area contributed by atoms with Crippen molar-refractivity contribution in [3.63, 3.8) is 0 Å². The number of para-hydroxylation sites is 1. The average molecular weight is 157 g/mol. The molecule has 0 unspecified atom stereocenters. The van der Waals surface area contributed by atoms with Crippen LogP contribution in [-0.4, -0.2) is 6.54 Å². The highest BCUT2D eigenvalue weighted by molar-refractivity contribution is 5.64. The van der Waals surface area contributed by atoms with Gasteiger partial charge in [-0.05, 0) is 24.5 Å². The fourth-order valence-electron chi connectivity index (χ4n) is 1.63. The second kappa shape index (κ2) is 2.91. The van der Waals surface area contributed by atoms with Crippen molar-refractivity contribution in [2.45, 2.75) is 12.8 Å². The molecule has 1 heterocycles. The fraction of sp³-hybridized carbons (Fsp3) is 0.273. The number of aryl methyl sites for hydroxylation is 1. The maximum atomic E-state index is 5.38. The number of nitrogens with one attached hydrogen (secondary N) is 1. The van der Waals surface area contributed by atoms with E-state index >= 15 is 0 Å². The predicted molar refractivity (Wildman–Crippen MR) is 51.2 cm³/mol. The summed E-state index contributed by atoms with van der Waals surface area (Å²) in [6, 6.07) is 6.15. The molecule has 0 fully saturated rings. The number of anilines is 1. The van der Waals surface area contributed by atoms with Crippen molar-refractivity contribution in [2.75, 3.05) is 11.9 Å². The van der Waals surface area contributed by atoms with Crippen molar-refractivity contribution in [1.29, 1.82) is 0 Å². The number of rotatable bonds is 0. The normalized spacial score (nSPS) is 14.2. The zero-order chi connectivity index (χ0) is 8.39. The van der Waals surface area contributed by atoms with Gasteiger partial charge in [0.25, 0.3) is 0 Å². The molecule has 60 valence electrons. The predicted octanol–water partition coefficient (Wildman–Crippen LogP) is 2.03. The van der Waals surface area contributed by atoms with Gasteiger partial charge >= 0.3 is 0 Å². The molecule has 0 bridgehead atoms. The molecule has 2 rings (SSSR count). The second-order valence-corrected chi connectivity index (χ2v) is 3.01. The summed E-state index contributed by atoms with van der Waals surface area (Å²) in [6.45, 7) is 1.05. The molecule has 12 heavy (non-hydrogen) atoms. The van der Waals surface area contributed by atoms with E-state index in [2.05, 4.69) is 17.3 Å². The number of fused-ring (bicyclic) bond motifs is 1. The topological polar surface area (TPSA) is 12.0 Å². The first-order chi connectivity index (χ1) is 5.92. The van der Waals surface area contributed by atoms with Crippen molar-refractivity contribution >= 4 is 5.69 Å². The van der Waals surface area contributed by atoms with Gasteiger partial charge in [-0.1, -0.05) is 18.1 Å². The Labute approximate surface area is 72.8 Å². The summed E-state index contributed by atoms with van der Waals surface area (Å²) in [4.78, 5) is 0. The molecule has 0 spiro atoms. The Balaban J connectivity index is 2.53. The molecule has 1 nitrogen and oxygen atoms in total. The average Bonchev–Trinajstić information content (AvgIpc) is 2.17. The minimum atomic E-state index is 0.993. The second-order valence-electron chi connectivity index (χ2n) is 3.01. The van der Waals surface area contributed by atoms with Crippen LogP contribution in [0, 0.1) is 12.3 Å². The Bertz CT molecular complexity index is 333. The molecule has 1 aliphatic rings. The highest BCUT2D eigenvalue weighted by atomic mass is 14.9. The number of hydrogen-bond acceptors (Lipinski definition) is 1. The highest BCUT2D eigenvalue weighted by Crippen LogP contribution is 2.24. The summed E-state index contributed by atoms with van der Waals surface area (Å²) in [5.74, 6) is 2.69. The largest absolute Gasteiger partial charge is 0.384 e. The molecule has 0 aromatic heterocycles. The Kier molecular flexibility index (Phi) is 1.75. The Morgan fingerprint density at radius 1 is 1.42 bits per heavy atom. The van der Waals surface area contributed by atoms with Crippen molar-refractivity contribution in [3.05, 3.63) is 29.3 Å². The molecule has 0 radical (unpaired) electrons. The van der Waals surface area contributed by atoms with Crippen LogP contribution in [0.25, 0.3) is 0 Å². The third kappa shape index (κ3) is 1.06. The van der Waals surface area contributed by atoms with Crippen molar-refractivity contribution in [3.8, 4) is 12.3 Å². The van der Waals surface area contributed by atoms with Gasteiger partial charge in [-0.2, -0.15) is 0 Å². The van der Waals surface area contributed by atoms with E-state index in [0.717, 1.165) is 18.5 Å². The lowest BCUT2D eigenvalue weighted by Crippen LogP contribution is -2.12. The summed E-state index contributed by atoms with van der Waals surface area (Å²) < 4.78 is 0. The van der Waals surface area contributed by atoms with Crippen LogP contribution < -0.4 is 5.32 Å². The third-order valence-electron chi connectivity index (χ3n) is 2.23. The van der Waals surface area contributed by atoms with Crippen molar-refractivity contribution < 1.29 is 0 Å². The Hall–Kier alpha value is -1.42. The molecule has 1 aliphatic heterocycles. The highest BCUT2D eigenvalue weighted by Gasteiger charge is 2.09. The number of hydrogen-bond donors (Lipinski definition) is 1. The van der Waals surface area contributed by atoms with Crippen LogP contribution in [-0.2, 0) is 6.42 Å². The lowest BCUT2D eigenvalue weighted by molar-refractivity contribution is 0.829. The fourth-order valence-corrected chi connectivity index (χ4v) is 1.63. The SMILES string of the molecule is C#Cc1cccc2c1NCCC2. The van der Waals surface area contributed by atoms with Crippen LogP contribution in [0.2, 0.25) is 0 Å².